The molecule has 1 amide bonds. The Kier molecular flexibility index (Phi) is 4.95. The molecule has 21 heavy (non-hydrogen) atoms. The Morgan fingerprint density at radius 3 is 2.48 bits per heavy atom. The summed E-state index contributed by atoms with van der Waals surface area (Å²) >= 11 is 0. The minimum absolute atomic E-state index is 0.00852. The van der Waals surface area contributed by atoms with Gasteiger partial charge in [0.1, 0.15) is 6.61 Å². The molecular weight excluding hydrogens is 266 g/mol. The number of hydrogen-bond acceptors (Lipinski definition) is 3. The van der Waals surface area contributed by atoms with Gasteiger partial charge in [-0.15, -0.1) is 0 Å². The zero-order valence-corrected chi connectivity index (χ0v) is 12.2. The number of nitrogens with one attached hydrogen (secondary N) is 1. The molecular formula is C17H19NO3. The highest BCUT2D eigenvalue weighted by Crippen LogP contribution is 2.22. The largest absolute Gasteiger partial charge is 0.444 e. The van der Waals surface area contributed by atoms with Crippen LogP contribution in [0, 0.1) is 13.8 Å². The monoisotopic (exact) mass is 285 g/mol. The van der Waals surface area contributed by atoms with Crippen LogP contribution in [0.1, 0.15) is 22.3 Å². The van der Waals surface area contributed by atoms with Crippen molar-refractivity contribution in [1.29, 1.82) is 0 Å². The average Bonchev–Trinajstić information content (AvgIpc) is 2.51. The second kappa shape index (κ2) is 6.90. The summed E-state index contributed by atoms with van der Waals surface area (Å²) in [5, 5.41) is 11.9. The molecule has 0 aliphatic heterocycles. The average molecular weight is 285 g/mol. The molecule has 0 saturated carbocycles. The Bertz CT molecular complexity index is 623. The molecule has 0 saturated heterocycles. The van der Waals surface area contributed by atoms with Crippen LogP contribution in [0.25, 0.3) is 0 Å². The van der Waals surface area contributed by atoms with Crippen LogP contribution in [0.2, 0.25) is 0 Å². The first-order chi connectivity index (χ1) is 10.1. The van der Waals surface area contributed by atoms with E-state index in [0.29, 0.717) is 5.69 Å². The SMILES string of the molecule is Cc1c(CO)ccc(NC(=O)OCc2ccccc2)c1C. The quantitative estimate of drug-likeness (QED) is 0.903. The van der Waals surface area contributed by atoms with Crippen molar-refractivity contribution in [2.24, 2.45) is 0 Å². The maximum Gasteiger partial charge on any atom is 0.411 e. The van der Waals surface area contributed by atoms with Gasteiger partial charge in [-0.1, -0.05) is 36.4 Å². The number of rotatable bonds is 4. The second-order valence-corrected chi connectivity index (χ2v) is 4.87. The van der Waals surface area contributed by atoms with Gasteiger partial charge in [-0.2, -0.15) is 0 Å². The molecule has 0 aliphatic carbocycles. The summed E-state index contributed by atoms with van der Waals surface area (Å²) in [4.78, 5) is 11.8. The van der Waals surface area contributed by atoms with E-state index in [-0.39, 0.29) is 13.2 Å². The van der Waals surface area contributed by atoms with E-state index < -0.39 is 6.09 Å². The minimum Gasteiger partial charge on any atom is -0.444 e. The standard InChI is InChI=1S/C17H19NO3/c1-12-13(2)16(9-8-15(12)10-19)18-17(20)21-11-14-6-4-3-5-7-14/h3-9,19H,10-11H2,1-2H3,(H,18,20). The summed E-state index contributed by atoms with van der Waals surface area (Å²) in [7, 11) is 0. The van der Waals surface area contributed by atoms with E-state index in [9.17, 15) is 9.90 Å². The van der Waals surface area contributed by atoms with E-state index in [4.69, 9.17) is 4.74 Å². The Morgan fingerprint density at radius 1 is 1.10 bits per heavy atom. The summed E-state index contributed by atoms with van der Waals surface area (Å²) in [6, 6.07) is 13.1. The number of aliphatic hydroxyl groups is 1. The molecule has 0 spiro atoms. The van der Waals surface area contributed by atoms with Crippen molar-refractivity contribution < 1.29 is 14.6 Å². The number of benzene rings is 2. The van der Waals surface area contributed by atoms with Crippen molar-refractivity contribution in [3.63, 3.8) is 0 Å². The van der Waals surface area contributed by atoms with Gasteiger partial charge < -0.3 is 9.84 Å². The molecule has 0 heterocycles. The molecule has 2 rings (SSSR count). The number of anilines is 1. The van der Waals surface area contributed by atoms with Gasteiger partial charge in [-0.05, 0) is 42.2 Å². The van der Waals surface area contributed by atoms with Crippen LogP contribution in [0.5, 0.6) is 0 Å². The summed E-state index contributed by atoms with van der Waals surface area (Å²) in [6.45, 7) is 4.05. The van der Waals surface area contributed by atoms with Gasteiger partial charge in [0.15, 0.2) is 0 Å². The first kappa shape index (κ1) is 15.1. The van der Waals surface area contributed by atoms with E-state index in [2.05, 4.69) is 5.32 Å². The third-order valence-corrected chi connectivity index (χ3v) is 3.52. The molecule has 0 radical (unpaired) electrons. The Labute approximate surface area is 124 Å². The highest BCUT2D eigenvalue weighted by atomic mass is 16.5. The number of carbonyl (C=O) groups is 1. The van der Waals surface area contributed by atoms with E-state index >= 15 is 0 Å². The zero-order valence-electron chi connectivity index (χ0n) is 12.2. The maximum absolute atomic E-state index is 11.8. The number of aliphatic hydroxyl groups excluding tert-OH is 1. The molecule has 2 N–H and O–H groups in total. The predicted molar refractivity (Wildman–Crippen MR) is 82.1 cm³/mol. The van der Waals surface area contributed by atoms with E-state index in [0.717, 1.165) is 22.3 Å². The van der Waals surface area contributed by atoms with Crippen LogP contribution < -0.4 is 5.32 Å². The lowest BCUT2D eigenvalue weighted by molar-refractivity contribution is 0.155. The molecule has 0 fully saturated rings. The van der Waals surface area contributed by atoms with Crippen LogP contribution >= 0.6 is 0 Å². The summed E-state index contributed by atoms with van der Waals surface area (Å²) < 4.78 is 5.18. The fraction of sp³-hybridized carbons (Fsp3) is 0.235. The molecule has 4 heteroatoms. The van der Waals surface area contributed by atoms with Gasteiger partial charge in [0, 0.05) is 5.69 Å². The summed E-state index contributed by atoms with van der Waals surface area (Å²) in [5.41, 5.74) is 4.39. The van der Waals surface area contributed by atoms with Crippen LogP contribution in [-0.2, 0) is 18.0 Å². The lowest BCUT2D eigenvalue weighted by atomic mass is 10.0. The Hall–Kier alpha value is -2.33. The molecule has 0 atom stereocenters. The highest BCUT2D eigenvalue weighted by molar-refractivity contribution is 5.86. The number of carbonyl (C=O) groups excluding carboxylic acids is 1. The van der Waals surface area contributed by atoms with Gasteiger partial charge in [0.2, 0.25) is 0 Å². The molecule has 0 aliphatic rings. The van der Waals surface area contributed by atoms with Crippen LogP contribution in [-0.4, -0.2) is 11.2 Å². The second-order valence-electron chi connectivity index (χ2n) is 4.87. The fourth-order valence-electron chi connectivity index (χ4n) is 2.05. The highest BCUT2D eigenvalue weighted by Gasteiger charge is 2.09. The van der Waals surface area contributed by atoms with E-state index in [1.807, 2.05) is 44.2 Å². The van der Waals surface area contributed by atoms with E-state index in [1.165, 1.54) is 0 Å². The predicted octanol–water partition coefficient (Wildman–Crippen LogP) is 3.54. The van der Waals surface area contributed by atoms with Gasteiger partial charge in [0.25, 0.3) is 0 Å². The van der Waals surface area contributed by atoms with Crippen molar-refractivity contribution >= 4 is 11.8 Å². The third-order valence-electron chi connectivity index (χ3n) is 3.52. The van der Waals surface area contributed by atoms with Crippen molar-refractivity contribution in [1.82, 2.24) is 0 Å². The van der Waals surface area contributed by atoms with Crippen LogP contribution in [0.15, 0.2) is 42.5 Å². The zero-order chi connectivity index (χ0) is 15.2. The van der Waals surface area contributed by atoms with Crippen molar-refractivity contribution in [3.8, 4) is 0 Å². The van der Waals surface area contributed by atoms with E-state index in [1.54, 1.807) is 12.1 Å². The lowest BCUT2D eigenvalue weighted by Gasteiger charge is -2.13. The lowest BCUT2D eigenvalue weighted by Crippen LogP contribution is -2.15. The van der Waals surface area contributed by atoms with Gasteiger partial charge in [0.05, 0.1) is 6.61 Å². The van der Waals surface area contributed by atoms with Gasteiger partial charge in [-0.3, -0.25) is 5.32 Å². The molecule has 4 nitrogen and oxygen atoms in total. The van der Waals surface area contributed by atoms with Gasteiger partial charge >= 0.3 is 6.09 Å². The smallest absolute Gasteiger partial charge is 0.411 e. The fourth-order valence-corrected chi connectivity index (χ4v) is 2.05. The first-order valence-corrected chi connectivity index (χ1v) is 6.79. The summed E-state index contributed by atoms with van der Waals surface area (Å²) in [5.74, 6) is 0. The molecule has 2 aromatic rings. The normalized spacial score (nSPS) is 10.2. The molecule has 110 valence electrons. The van der Waals surface area contributed by atoms with Crippen LogP contribution in [0.4, 0.5) is 10.5 Å². The van der Waals surface area contributed by atoms with Crippen molar-refractivity contribution in [3.05, 3.63) is 64.7 Å². The van der Waals surface area contributed by atoms with Crippen molar-refractivity contribution in [2.45, 2.75) is 27.1 Å². The van der Waals surface area contributed by atoms with Crippen molar-refractivity contribution in [2.75, 3.05) is 5.32 Å². The molecule has 2 aromatic carbocycles. The minimum atomic E-state index is -0.488. The van der Waals surface area contributed by atoms with Gasteiger partial charge in [-0.25, -0.2) is 4.79 Å². The first-order valence-electron chi connectivity index (χ1n) is 6.79. The van der Waals surface area contributed by atoms with Crippen LogP contribution in [0.3, 0.4) is 0 Å². The number of ether oxygens (including phenoxy) is 1. The number of hydrogen-bond donors (Lipinski definition) is 2. The summed E-state index contributed by atoms with van der Waals surface area (Å²) in [6.07, 6.45) is -0.488. The molecule has 0 aromatic heterocycles. The maximum atomic E-state index is 11.8. The Balaban J connectivity index is 1.98. The number of amides is 1. The topological polar surface area (TPSA) is 58.6 Å². The third kappa shape index (κ3) is 3.83. The molecule has 0 bridgehead atoms. The Morgan fingerprint density at radius 2 is 1.81 bits per heavy atom. The molecule has 0 unspecified atom stereocenters.